The third-order valence-electron chi connectivity index (χ3n) is 2.94. The fourth-order valence-corrected chi connectivity index (χ4v) is 1.98. The lowest BCUT2D eigenvalue weighted by Gasteiger charge is -2.09. The first kappa shape index (κ1) is 12.1. The zero-order chi connectivity index (χ0) is 12.4. The molecule has 0 bridgehead atoms. The molecule has 3 heteroatoms. The molecule has 0 N–H and O–H groups in total. The standard InChI is InChI=1S/C14H15ClN2/c1-9-6-11(3)12(7-10(9)2)13-4-5-16-14(8-15)17-13/h4-7H,8H2,1-3H3. The summed E-state index contributed by atoms with van der Waals surface area (Å²) in [6, 6.07) is 6.28. The molecule has 1 aromatic carbocycles. The van der Waals surface area contributed by atoms with Crippen LogP contribution in [0.3, 0.4) is 0 Å². The summed E-state index contributed by atoms with van der Waals surface area (Å²) < 4.78 is 0. The molecule has 0 aliphatic carbocycles. The minimum atomic E-state index is 0.345. The summed E-state index contributed by atoms with van der Waals surface area (Å²) >= 11 is 5.76. The summed E-state index contributed by atoms with van der Waals surface area (Å²) in [5.41, 5.74) is 5.90. The summed E-state index contributed by atoms with van der Waals surface area (Å²) in [7, 11) is 0. The lowest BCUT2D eigenvalue weighted by atomic mass is 9.99. The normalized spacial score (nSPS) is 10.6. The van der Waals surface area contributed by atoms with Crippen LogP contribution in [-0.2, 0) is 5.88 Å². The van der Waals surface area contributed by atoms with Crippen LogP contribution in [0.1, 0.15) is 22.5 Å². The first-order valence-corrected chi connectivity index (χ1v) is 6.11. The first-order chi connectivity index (χ1) is 8.11. The van der Waals surface area contributed by atoms with Gasteiger partial charge in [-0.3, -0.25) is 0 Å². The summed E-state index contributed by atoms with van der Waals surface area (Å²) in [6.45, 7) is 6.34. The predicted octanol–water partition coefficient (Wildman–Crippen LogP) is 3.81. The topological polar surface area (TPSA) is 25.8 Å². The second-order valence-corrected chi connectivity index (χ2v) is 4.51. The Labute approximate surface area is 107 Å². The molecule has 0 radical (unpaired) electrons. The molecule has 0 unspecified atom stereocenters. The van der Waals surface area contributed by atoms with Crippen LogP contribution in [0.15, 0.2) is 24.4 Å². The van der Waals surface area contributed by atoms with E-state index in [2.05, 4.69) is 42.9 Å². The van der Waals surface area contributed by atoms with E-state index in [1.165, 1.54) is 16.7 Å². The molecule has 2 rings (SSSR count). The SMILES string of the molecule is Cc1cc(C)c(-c2ccnc(CCl)n2)cc1C. The molecular weight excluding hydrogens is 232 g/mol. The van der Waals surface area contributed by atoms with Gasteiger partial charge in [0, 0.05) is 11.8 Å². The van der Waals surface area contributed by atoms with Gasteiger partial charge in [-0.2, -0.15) is 0 Å². The van der Waals surface area contributed by atoms with Crippen LogP contribution in [0.4, 0.5) is 0 Å². The van der Waals surface area contributed by atoms with E-state index in [1.54, 1.807) is 6.20 Å². The van der Waals surface area contributed by atoms with Gasteiger partial charge in [0.05, 0.1) is 11.6 Å². The molecule has 0 aliphatic heterocycles. The van der Waals surface area contributed by atoms with Crippen molar-refractivity contribution in [3.63, 3.8) is 0 Å². The number of benzene rings is 1. The van der Waals surface area contributed by atoms with Crippen LogP contribution in [0.5, 0.6) is 0 Å². The molecule has 0 amide bonds. The van der Waals surface area contributed by atoms with Crippen LogP contribution in [0.2, 0.25) is 0 Å². The van der Waals surface area contributed by atoms with Crippen molar-refractivity contribution in [1.29, 1.82) is 0 Å². The summed E-state index contributed by atoms with van der Waals surface area (Å²) in [4.78, 5) is 8.56. The number of alkyl halides is 1. The number of nitrogens with zero attached hydrogens (tertiary/aromatic N) is 2. The minimum Gasteiger partial charge on any atom is -0.240 e. The van der Waals surface area contributed by atoms with Crippen molar-refractivity contribution >= 4 is 11.6 Å². The van der Waals surface area contributed by atoms with Gasteiger partial charge in [0.2, 0.25) is 0 Å². The van der Waals surface area contributed by atoms with Crippen molar-refractivity contribution in [3.8, 4) is 11.3 Å². The molecule has 2 aromatic rings. The lowest BCUT2D eigenvalue weighted by molar-refractivity contribution is 1.03. The fraction of sp³-hybridized carbons (Fsp3) is 0.286. The highest BCUT2D eigenvalue weighted by atomic mass is 35.5. The maximum absolute atomic E-state index is 5.76. The zero-order valence-corrected chi connectivity index (χ0v) is 11.0. The van der Waals surface area contributed by atoms with Crippen LogP contribution >= 0.6 is 11.6 Å². The third-order valence-corrected chi connectivity index (χ3v) is 3.18. The summed E-state index contributed by atoms with van der Waals surface area (Å²) in [5.74, 6) is 1.01. The third kappa shape index (κ3) is 2.47. The Hall–Kier alpha value is -1.41. The highest BCUT2D eigenvalue weighted by Gasteiger charge is 2.06. The van der Waals surface area contributed by atoms with Crippen LogP contribution < -0.4 is 0 Å². The van der Waals surface area contributed by atoms with Crippen molar-refractivity contribution in [2.24, 2.45) is 0 Å². The first-order valence-electron chi connectivity index (χ1n) is 5.58. The summed E-state index contributed by atoms with van der Waals surface area (Å²) in [5, 5.41) is 0. The van der Waals surface area contributed by atoms with E-state index < -0.39 is 0 Å². The zero-order valence-electron chi connectivity index (χ0n) is 10.3. The van der Waals surface area contributed by atoms with Crippen molar-refractivity contribution in [2.75, 3.05) is 0 Å². The average Bonchev–Trinajstić information content (AvgIpc) is 2.34. The van der Waals surface area contributed by atoms with Crippen LogP contribution in [0.25, 0.3) is 11.3 Å². The van der Waals surface area contributed by atoms with Crippen LogP contribution in [0, 0.1) is 20.8 Å². The van der Waals surface area contributed by atoms with Gasteiger partial charge in [0.25, 0.3) is 0 Å². The molecular formula is C14H15ClN2. The number of aryl methyl sites for hydroxylation is 3. The Balaban J connectivity index is 2.56. The van der Waals surface area contributed by atoms with E-state index in [0.717, 1.165) is 11.3 Å². The van der Waals surface area contributed by atoms with E-state index in [0.29, 0.717) is 11.7 Å². The molecule has 1 heterocycles. The van der Waals surface area contributed by atoms with Gasteiger partial charge in [-0.05, 0) is 49.6 Å². The van der Waals surface area contributed by atoms with Crippen LogP contribution in [-0.4, -0.2) is 9.97 Å². The highest BCUT2D eigenvalue weighted by molar-refractivity contribution is 6.16. The van der Waals surface area contributed by atoms with Gasteiger partial charge >= 0.3 is 0 Å². The van der Waals surface area contributed by atoms with Crippen molar-refractivity contribution in [3.05, 3.63) is 46.9 Å². The lowest BCUT2D eigenvalue weighted by Crippen LogP contribution is -1.95. The summed E-state index contributed by atoms with van der Waals surface area (Å²) in [6.07, 6.45) is 1.76. The molecule has 17 heavy (non-hydrogen) atoms. The molecule has 2 nitrogen and oxygen atoms in total. The Morgan fingerprint density at radius 3 is 2.47 bits per heavy atom. The van der Waals surface area contributed by atoms with E-state index in [9.17, 15) is 0 Å². The van der Waals surface area contributed by atoms with Gasteiger partial charge in [-0.15, -0.1) is 11.6 Å². The molecule has 88 valence electrons. The molecule has 0 saturated heterocycles. The van der Waals surface area contributed by atoms with Gasteiger partial charge in [-0.1, -0.05) is 6.07 Å². The Kier molecular flexibility index (Phi) is 3.43. The maximum atomic E-state index is 5.76. The van der Waals surface area contributed by atoms with E-state index >= 15 is 0 Å². The molecule has 0 atom stereocenters. The molecule has 0 fully saturated rings. The second kappa shape index (κ2) is 4.84. The van der Waals surface area contributed by atoms with Gasteiger partial charge < -0.3 is 0 Å². The predicted molar refractivity (Wildman–Crippen MR) is 71.2 cm³/mol. The minimum absolute atomic E-state index is 0.345. The van der Waals surface area contributed by atoms with Gasteiger partial charge in [0.1, 0.15) is 5.82 Å². The monoisotopic (exact) mass is 246 g/mol. The Bertz CT molecular complexity index is 550. The molecule has 0 spiro atoms. The smallest absolute Gasteiger partial charge is 0.143 e. The number of aromatic nitrogens is 2. The quantitative estimate of drug-likeness (QED) is 0.753. The van der Waals surface area contributed by atoms with Crippen molar-refractivity contribution in [2.45, 2.75) is 26.7 Å². The molecule has 0 aliphatic rings. The largest absolute Gasteiger partial charge is 0.240 e. The fourth-order valence-electron chi connectivity index (χ4n) is 1.85. The number of hydrogen-bond donors (Lipinski definition) is 0. The average molecular weight is 247 g/mol. The van der Waals surface area contributed by atoms with E-state index in [-0.39, 0.29) is 0 Å². The number of halogens is 1. The highest BCUT2D eigenvalue weighted by Crippen LogP contribution is 2.24. The van der Waals surface area contributed by atoms with Crippen molar-refractivity contribution in [1.82, 2.24) is 9.97 Å². The molecule has 1 aromatic heterocycles. The second-order valence-electron chi connectivity index (χ2n) is 4.24. The van der Waals surface area contributed by atoms with E-state index in [4.69, 9.17) is 11.6 Å². The number of rotatable bonds is 2. The van der Waals surface area contributed by atoms with Gasteiger partial charge in [0.15, 0.2) is 0 Å². The van der Waals surface area contributed by atoms with E-state index in [1.807, 2.05) is 6.07 Å². The molecule has 0 saturated carbocycles. The Morgan fingerprint density at radius 1 is 1.06 bits per heavy atom. The van der Waals surface area contributed by atoms with Crippen molar-refractivity contribution < 1.29 is 0 Å². The number of hydrogen-bond acceptors (Lipinski definition) is 2. The maximum Gasteiger partial charge on any atom is 0.143 e. The Morgan fingerprint density at radius 2 is 1.76 bits per heavy atom. The van der Waals surface area contributed by atoms with Gasteiger partial charge in [-0.25, -0.2) is 9.97 Å².